The summed E-state index contributed by atoms with van der Waals surface area (Å²) in [4.78, 5) is 23.8. The fraction of sp³-hybridized carbons (Fsp3) is 0.333. The molecule has 5 nitrogen and oxygen atoms in total. The monoisotopic (exact) mass is 331 g/mol. The van der Waals surface area contributed by atoms with Crippen LogP contribution in [-0.4, -0.2) is 29.9 Å². The number of halogens is 2. The number of likely N-dealkylation sites (N-methyl/N-ethyl adjacent to an activating group) is 1. The van der Waals surface area contributed by atoms with E-state index >= 15 is 0 Å². The van der Waals surface area contributed by atoms with Crippen LogP contribution in [-0.2, 0) is 11.3 Å². The number of amides is 3. The van der Waals surface area contributed by atoms with Gasteiger partial charge in [0.15, 0.2) is 0 Å². The summed E-state index contributed by atoms with van der Waals surface area (Å²) in [5.41, 5.74) is 5.33. The first-order valence-electron chi connectivity index (χ1n) is 5.55. The number of hydrogen-bond acceptors (Lipinski definition) is 3. The van der Waals surface area contributed by atoms with E-state index in [9.17, 15) is 14.0 Å². The zero-order valence-electron chi connectivity index (χ0n) is 10.6. The molecule has 3 amide bonds. The maximum absolute atomic E-state index is 13.6. The number of nitrogens with two attached hydrogens (primary N) is 1. The predicted molar refractivity (Wildman–Crippen MR) is 72.8 cm³/mol. The second-order valence-electron chi connectivity index (χ2n) is 4.18. The molecule has 0 heterocycles. The molecule has 19 heavy (non-hydrogen) atoms. The van der Waals surface area contributed by atoms with Crippen molar-refractivity contribution >= 4 is 27.9 Å². The summed E-state index contributed by atoms with van der Waals surface area (Å²) in [5, 5.41) is 1.99. The predicted octanol–water partition coefficient (Wildman–Crippen LogP) is 1.60. The maximum atomic E-state index is 13.6. The Labute approximate surface area is 119 Å². The van der Waals surface area contributed by atoms with Crippen LogP contribution in [0.5, 0.6) is 0 Å². The number of benzene rings is 1. The van der Waals surface area contributed by atoms with Crippen molar-refractivity contribution in [2.24, 2.45) is 5.73 Å². The summed E-state index contributed by atoms with van der Waals surface area (Å²) in [6, 6.07) is 3.08. The molecule has 0 saturated heterocycles. The summed E-state index contributed by atoms with van der Waals surface area (Å²) >= 11 is 3.26. The van der Waals surface area contributed by atoms with Crippen LogP contribution < -0.4 is 11.1 Å². The van der Waals surface area contributed by atoms with Gasteiger partial charge in [-0.2, -0.15) is 0 Å². The average Bonchev–Trinajstić information content (AvgIpc) is 2.31. The summed E-state index contributed by atoms with van der Waals surface area (Å²) in [7, 11) is 1.66. The SMILES string of the molecule is CC(C(=O)NC(N)=O)N(C)Cc1cc(Br)ccc1F. The van der Waals surface area contributed by atoms with Crippen molar-refractivity contribution in [3.8, 4) is 0 Å². The molecule has 0 radical (unpaired) electrons. The molecule has 0 aliphatic rings. The molecule has 1 aromatic carbocycles. The second kappa shape index (κ2) is 6.63. The lowest BCUT2D eigenvalue weighted by Crippen LogP contribution is -2.46. The standard InChI is InChI=1S/C12H15BrFN3O2/c1-7(11(18)16-12(15)19)17(2)6-8-5-9(13)3-4-10(8)14/h3-5,7H,6H2,1-2H3,(H3,15,16,18,19). The van der Waals surface area contributed by atoms with E-state index in [1.54, 1.807) is 31.0 Å². The van der Waals surface area contributed by atoms with Crippen LogP contribution in [0.3, 0.4) is 0 Å². The Morgan fingerprint density at radius 2 is 2.16 bits per heavy atom. The van der Waals surface area contributed by atoms with Crippen LogP contribution in [0, 0.1) is 5.82 Å². The van der Waals surface area contributed by atoms with Gasteiger partial charge < -0.3 is 5.73 Å². The van der Waals surface area contributed by atoms with Crippen LogP contribution in [0.15, 0.2) is 22.7 Å². The molecule has 0 aromatic heterocycles. The first-order valence-corrected chi connectivity index (χ1v) is 6.35. The Bertz CT molecular complexity index is 496. The first-order chi connectivity index (χ1) is 8.81. The van der Waals surface area contributed by atoms with E-state index in [2.05, 4.69) is 15.9 Å². The van der Waals surface area contributed by atoms with Crippen molar-refractivity contribution in [1.82, 2.24) is 10.2 Å². The molecule has 0 aliphatic heterocycles. The van der Waals surface area contributed by atoms with Gasteiger partial charge in [-0.05, 0) is 32.2 Å². The van der Waals surface area contributed by atoms with Gasteiger partial charge in [0.25, 0.3) is 0 Å². The molecule has 0 spiro atoms. The molecule has 1 unspecified atom stereocenters. The van der Waals surface area contributed by atoms with Crippen molar-refractivity contribution in [3.05, 3.63) is 34.1 Å². The minimum absolute atomic E-state index is 0.235. The Hall–Kier alpha value is -1.47. The van der Waals surface area contributed by atoms with Crippen LogP contribution in [0.1, 0.15) is 12.5 Å². The van der Waals surface area contributed by atoms with E-state index < -0.39 is 18.0 Å². The van der Waals surface area contributed by atoms with Crippen LogP contribution in [0.25, 0.3) is 0 Å². The van der Waals surface area contributed by atoms with Gasteiger partial charge in [-0.25, -0.2) is 9.18 Å². The lowest BCUT2D eigenvalue weighted by Gasteiger charge is -2.23. The highest BCUT2D eigenvalue weighted by atomic mass is 79.9. The van der Waals surface area contributed by atoms with Crippen molar-refractivity contribution in [2.75, 3.05) is 7.05 Å². The molecule has 1 rings (SSSR count). The highest BCUT2D eigenvalue weighted by molar-refractivity contribution is 9.10. The van der Waals surface area contributed by atoms with Gasteiger partial charge in [-0.15, -0.1) is 0 Å². The van der Waals surface area contributed by atoms with Crippen molar-refractivity contribution < 1.29 is 14.0 Å². The van der Waals surface area contributed by atoms with E-state index in [0.29, 0.717) is 5.56 Å². The van der Waals surface area contributed by atoms with Crippen LogP contribution in [0.2, 0.25) is 0 Å². The number of hydrogen-bond donors (Lipinski definition) is 2. The van der Waals surface area contributed by atoms with Gasteiger partial charge in [0.2, 0.25) is 5.91 Å². The summed E-state index contributed by atoms with van der Waals surface area (Å²) in [6.45, 7) is 1.84. The largest absolute Gasteiger partial charge is 0.351 e. The van der Waals surface area contributed by atoms with Gasteiger partial charge in [0.05, 0.1) is 6.04 Å². The molecule has 0 bridgehead atoms. The number of carbonyl (C=O) groups excluding carboxylic acids is 2. The van der Waals surface area contributed by atoms with E-state index in [4.69, 9.17) is 5.73 Å². The topological polar surface area (TPSA) is 75.4 Å². The van der Waals surface area contributed by atoms with E-state index in [1.165, 1.54) is 6.07 Å². The highest BCUT2D eigenvalue weighted by Gasteiger charge is 2.20. The average molecular weight is 332 g/mol. The quantitative estimate of drug-likeness (QED) is 0.879. The number of carbonyl (C=O) groups is 2. The normalized spacial score (nSPS) is 12.3. The molecule has 0 fully saturated rings. The molecular formula is C12H15BrFN3O2. The minimum Gasteiger partial charge on any atom is -0.351 e. The summed E-state index contributed by atoms with van der Waals surface area (Å²) in [5.74, 6) is -0.872. The number of primary amides is 1. The number of nitrogens with one attached hydrogen (secondary N) is 1. The third kappa shape index (κ3) is 4.60. The molecule has 1 aromatic rings. The number of imide groups is 1. The molecule has 0 saturated carbocycles. The Morgan fingerprint density at radius 3 is 2.74 bits per heavy atom. The number of nitrogens with zero attached hydrogens (tertiary/aromatic N) is 1. The lowest BCUT2D eigenvalue weighted by molar-refractivity contribution is -0.124. The van der Waals surface area contributed by atoms with Crippen LogP contribution >= 0.6 is 15.9 Å². The Kier molecular flexibility index (Phi) is 5.44. The van der Waals surface area contributed by atoms with Crippen LogP contribution in [0.4, 0.5) is 9.18 Å². The smallest absolute Gasteiger partial charge is 0.318 e. The zero-order chi connectivity index (χ0) is 14.6. The summed E-state index contributed by atoms with van der Waals surface area (Å²) in [6.07, 6.45) is 0. The molecule has 1 atom stereocenters. The third-order valence-corrected chi connectivity index (χ3v) is 3.21. The van der Waals surface area contributed by atoms with Crippen molar-refractivity contribution in [3.63, 3.8) is 0 Å². The van der Waals surface area contributed by atoms with Gasteiger partial charge in [0.1, 0.15) is 5.82 Å². The molecule has 3 N–H and O–H groups in total. The van der Waals surface area contributed by atoms with Crippen molar-refractivity contribution in [1.29, 1.82) is 0 Å². The van der Waals surface area contributed by atoms with E-state index in [1.807, 2.05) is 5.32 Å². The van der Waals surface area contributed by atoms with Gasteiger partial charge >= 0.3 is 6.03 Å². The van der Waals surface area contributed by atoms with Crippen molar-refractivity contribution in [2.45, 2.75) is 19.5 Å². The molecular weight excluding hydrogens is 317 g/mol. The Balaban J connectivity index is 2.73. The van der Waals surface area contributed by atoms with Gasteiger partial charge in [0, 0.05) is 16.6 Å². The highest BCUT2D eigenvalue weighted by Crippen LogP contribution is 2.17. The summed E-state index contributed by atoms with van der Waals surface area (Å²) < 4.78 is 14.3. The minimum atomic E-state index is -0.904. The van der Waals surface area contributed by atoms with Gasteiger partial charge in [-0.3, -0.25) is 15.0 Å². The lowest BCUT2D eigenvalue weighted by atomic mass is 10.1. The maximum Gasteiger partial charge on any atom is 0.318 e. The first kappa shape index (κ1) is 15.6. The number of rotatable bonds is 4. The van der Waals surface area contributed by atoms with E-state index in [0.717, 1.165) is 4.47 Å². The van der Waals surface area contributed by atoms with Gasteiger partial charge in [-0.1, -0.05) is 15.9 Å². The fourth-order valence-electron chi connectivity index (χ4n) is 1.50. The number of urea groups is 1. The second-order valence-corrected chi connectivity index (χ2v) is 5.10. The molecule has 7 heteroatoms. The Morgan fingerprint density at radius 1 is 1.53 bits per heavy atom. The molecule has 104 valence electrons. The third-order valence-electron chi connectivity index (χ3n) is 2.71. The molecule has 0 aliphatic carbocycles. The van der Waals surface area contributed by atoms with E-state index in [-0.39, 0.29) is 12.4 Å². The zero-order valence-corrected chi connectivity index (χ0v) is 12.2. The fourth-order valence-corrected chi connectivity index (χ4v) is 1.90.